The number of halogens is 2. The summed E-state index contributed by atoms with van der Waals surface area (Å²) < 4.78 is 14.2. The zero-order valence-electron chi connectivity index (χ0n) is 17.0. The predicted octanol–water partition coefficient (Wildman–Crippen LogP) is 5.46. The molecular formula is C20H14ClFN6O2S4. The van der Waals surface area contributed by atoms with Crippen molar-refractivity contribution < 1.29 is 14.0 Å². The van der Waals surface area contributed by atoms with Crippen LogP contribution in [0.1, 0.15) is 15.9 Å². The number of carbonyl (C=O) groups is 2. The van der Waals surface area contributed by atoms with E-state index in [9.17, 15) is 14.0 Å². The Kier molecular flexibility index (Phi) is 8.45. The molecule has 4 aromatic rings. The van der Waals surface area contributed by atoms with Crippen LogP contribution in [0.3, 0.4) is 0 Å². The van der Waals surface area contributed by atoms with Gasteiger partial charge in [-0.15, -0.1) is 20.4 Å². The van der Waals surface area contributed by atoms with Gasteiger partial charge in [-0.3, -0.25) is 20.2 Å². The second kappa shape index (κ2) is 11.7. The molecule has 14 heteroatoms. The lowest BCUT2D eigenvalue weighted by molar-refractivity contribution is -0.113. The fourth-order valence-corrected chi connectivity index (χ4v) is 5.95. The number of nitrogens with zero attached hydrogens (tertiary/aromatic N) is 4. The molecule has 0 radical (unpaired) electrons. The standard InChI is InChI=1S/C20H14ClFN6O2S4/c21-14-4-2-1-3-13(14)16(30)24-18-26-28-20(34-18)32-10-15(29)23-17-25-27-19(33-17)31-9-11-5-7-12(22)8-6-11/h1-8H,9-10H2,(H,23,25,29)(H,24,26,30). The second-order valence-corrected chi connectivity index (χ2v) is 11.2. The Hall–Kier alpha value is -2.58. The second-order valence-electron chi connectivity index (χ2n) is 6.43. The summed E-state index contributed by atoms with van der Waals surface area (Å²) in [5, 5.41) is 22.3. The van der Waals surface area contributed by atoms with Gasteiger partial charge in [0.25, 0.3) is 5.91 Å². The van der Waals surface area contributed by atoms with Gasteiger partial charge < -0.3 is 0 Å². The van der Waals surface area contributed by atoms with E-state index >= 15 is 0 Å². The molecule has 0 atom stereocenters. The summed E-state index contributed by atoms with van der Waals surface area (Å²) in [5.74, 6) is -0.233. The van der Waals surface area contributed by atoms with Crippen LogP contribution in [0.2, 0.25) is 5.02 Å². The van der Waals surface area contributed by atoms with Crippen LogP contribution in [0.5, 0.6) is 0 Å². The Morgan fingerprint density at radius 1 is 0.882 bits per heavy atom. The molecule has 2 heterocycles. The molecule has 2 N–H and O–H groups in total. The highest BCUT2D eigenvalue weighted by Crippen LogP contribution is 2.29. The number of carbonyl (C=O) groups excluding carboxylic acids is 2. The highest BCUT2D eigenvalue weighted by atomic mass is 35.5. The van der Waals surface area contributed by atoms with Crippen molar-refractivity contribution in [3.8, 4) is 0 Å². The molecule has 8 nitrogen and oxygen atoms in total. The fraction of sp³-hybridized carbons (Fsp3) is 0.100. The van der Waals surface area contributed by atoms with Crippen molar-refractivity contribution in [2.45, 2.75) is 14.4 Å². The third-order valence-corrected chi connectivity index (χ3v) is 8.35. The normalized spacial score (nSPS) is 10.8. The van der Waals surface area contributed by atoms with Crippen molar-refractivity contribution in [2.24, 2.45) is 0 Å². The van der Waals surface area contributed by atoms with Crippen LogP contribution in [-0.4, -0.2) is 38.0 Å². The highest BCUT2D eigenvalue weighted by Gasteiger charge is 2.15. The Morgan fingerprint density at radius 3 is 2.24 bits per heavy atom. The van der Waals surface area contributed by atoms with Crippen LogP contribution in [0.25, 0.3) is 0 Å². The van der Waals surface area contributed by atoms with Gasteiger partial charge in [-0.1, -0.05) is 82.1 Å². The molecule has 2 aromatic carbocycles. The summed E-state index contributed by atoms with van der Waals surface area (Å²) >= 11 is 11.1. The molecule has 0 aliphatic carbocycles. The summed E-state index contributed by atoms with van der Waals surface area (Å²) in [5.41, 5.74) is 1.29. The lowest BCUT2D eigenvalue weighted by Crippen LogP contribution is -2.13. The smallest absolute Gasteiger partial charge is 0.259 e. The van der Waals surface area contributed by atoms with Crippen LogP contribution in [0.4, 0.5) is 14.7 Å². The third kappa shape index (κ3) is 6.96. The average Bonchev–Trinajstić information content (AvgIpc) is 3.47. The van der Waals surface area contributed by atoms with Crippen LogP contribution in [0, 0.1) is 5.82 Å². The number of aromatic nitrogens is 4. The molecular weight excluding hydrogens is 539 g/mol. The van der Waals surface area contributed by atoms with Crippen molar-refractivity contribution in [2.75, 3.05) is 16.4 Å². The maximum absolute atomic E-state index is 13.0. The molecule has 0 saturated heterocycles. The first kappa shape index (κ1) is 24.5. The van der Waals surface area contributed by atoms with Gasteiger partial charge >= 0.3 is 0 Å². The van der Waals surface area contributed by atoms with Gasteiger partial charge in [-0.25, -0.2) is 4.39 Å². The summed E-state index contributed by atoms with van der Waals surface area (Å²) in [7, 11) is 0. The average molecular weight is 553 g/mol. The van der Waals surface area contributed by atoms with Crippen molar-refractivity contribution in [1.82, 2.24) is 20.4 Å². The quantitative estimate of drug-likeness (QED) is 0.208. The predicted molar refractivity (Wildman–Crippen MR) is 135 cm³/mol. The lowest BCUT2D eigenvalue weighted by Gasteiger charge is -2.02. The van der Waals surface area contributed by atoms with Gasteiger partial charge in [-0.2, -0.15) is 0 Å². The first-order chi connectivity index (χ1) is 16.5. The third-order valence-electron chi connectivity index (χ3n) is 4.00. The molecule has 0 fully saturated rings. The van der Waals surface area contributed by atoms with Gasteiger partial charge in [0.15, 0.2) is 8.68 Å². The van der Waals surface area contributed by atoms with E-state index in [2.05, 4.69) is 31.0 Å². The molecule has 34 heavy (non-hydrogen) atoms. The van der Waals surface area contributed by atoms with Crippen LogP contribution >= 0.6 is 57.8 Å². The lowest BCUT2D eigenvalue weighted by atomic mass is 10.2. The number of nitrogens with one attached hydrogen (secondary N) is 2. The molecule has 0 spiro atoms. The number of rotatable bonds is 9. The van der Waals surface area contributed by atoms with E-state index in [4.69, 9.17) is 11.6 Å². The largest absolute Gasteiger partial charge is 0.300 e. The number of thioether (sulfide) groups is 2. The molecule has 2 amide bonds. The van der Waals surface area contributed by atoms with Gasteiger partial charge in [0, 0.05) is 5.75 Å². The number of amides is 2. The minimum absolute atomic E-state index is 0.0880. The van der Waals surface area contributed by atoms with E-state index in [0.717, 1.165) is 16.9 Å². The summed E-state index contributed by atoms with van der Waals surface area (Å²) in [6, 6.07) is 12.9. The number of benzene rings is 2. The summed E-state index contributed by atoms with van der Waals surface area (Å²) in [6.45, 7) is 0. The fourth-order valence-electron chi connectivity index (χ4n) is 2.46. The Morgan fingerprint density at radius 2 is 1.53 bits per heavy atom. The number of hydrogen-bond donors (Lipinski definition) is 2. The Balaban J connectivity index is 1.22. The summed E-state index contributed by atoms with van der Waals surface area (Å²) in [6.07, 6.45) is 0. The van der Waals surface area contributed by atoms with Crippen molar-refractivity contribution >= 4 is 79.9 Å². The number of anilines is 2. The SMILES string of the molecule is O=C(CSc1nnc(NC(=O)c2ccccc2Cl)s1)Nc1nnc(SCc2ccc(F)cc2)s1. The molecule has 0 aliphatic rings. The van der Waals surface area contributed by atoms with E-state index in [-0.39, 0.29) is 23.4 Å². The Bertz CT molecular complexity index is 1300. The van der Waals surface area contributed by atoms with Crippen LogP contribution in [-0.2, 0) is 10.5 Å². The maximum atomic E-state index is 13.0. The van der Waals surface area contributed by atoms with E-state index < -0.39 is 0 Å². The monoisotopic (exact) mass is 552 g/mol. The first-order valence-electron chi connectivity index (χ1n) is 9.49. The van der Waals surface area contributed by atoms with Gasteiger partial charge in [0.2, 0.25) is 16.2 Å². The van der Waals surface area contributed by atoms with Crippen LogP contribution in [0.15, 0.2) is 57.2 Å². The zero-order valence-corrected chi connectivity index (χ0v) is 21.0. The highest BCUT2D eigenvalue weighted by molar-refractivity contribution is 8.01. The topological polar surface area (TPSA) is 110 Å². The van der Waals surface area contributed by atoms with Crippen molar-refractivity contribution in [3.05, 3.63) is 70.5 Å². The van der Waals surface area contributed by atoms with E-state index in [1.165, 1.54) is 47.0 Å². The van der Waals surface area contributed by atoms with Crippen molar-refractivity contribution in [3.63, 3.8) is 0 Å². The molecule has 2 aromatic heterocycles. The van der Waals surface area contributed by atoms with Gasteiger partial charge in [0.1, 0.15) is 5.82 Å². The first-order valence-corrected chi connectivity index (χ1v) is 13.5. The maximum Gasteiger partial charge on any atom is 0.259 e. The van der Waals surface area contributed by atoms with E-state index in [1.54, 1.807) is 36.4 Å². The molecule has 0 bridgehead atoms. The minimum atomic E-state index is -0.389. The van der Waals surface area contributed by atoms with E-state index in [0.29, 0.717) is 35.3 Å². The Labute approximate surface area is 214 Å². The zero-order chi connectivity index (χ0) is 23.9. The summed E-state index contributed by atoms with van der Waals surface area (Å²) in [4.78, 5) is 24.6. The minimum Gasteiger partial charge on any atom is -0.300 e. The van der Waals surface area contributed by atoms with Crippen molar-refractivity contribution in [1.29, 1.82) is 0 Å². The van der Waals surface area contributed by atoms with Gasteiger partial charge in [0.05, 0.1) is 16.3 Å². The molecule has 0 saturated carbocycles. The molecule has 0 aliphatic heterocycles. The molecule has 0 unspecified atom stereocenters. The van der Waals surface area contributed by atoms with Crippen LogP contribution < -0.4 is 10.6 Å². The molecule has 4 rings (SSSR count). The number of hydrogen-bond acceptors (Lipinski definition) is 10. The van der Waals surface area contributed by atoms with E-state index in [1.807, 2.05) is 0 Å². The molecule has 174 valence electrons. The van der Waals surface area contributed by atoms with Gasteiger partial charge in [-0.05, 0) is 29.8 Å².